The lowest BCUT2D eigenvalue weighted by Gasteiger charge is -2.17. The standard InChI is InChI=1S/C16H14FN3O/c1-21-14-6-5-10(17)9-12(14)15(18)11-3-2-4-13-16(11)20-8-7-19-13/h2-9,15H,18H2,1H3. The van der Waals surface area contributed by atoms with Crippen molar-refractivity contribution < 1.29 is 9.13 Å². The highest BCUT2D eigenvalue weighted by atomic mass is 19.1. The minimum Gasteiger partial charge on any atom is -0.496 e. The van der Waals surface area contributed by atoms with E-state index in [0.29, 0.717) is 16.8 Å². The number of aromatic nitrogens is 2. The number of hydrogen-bond donors (Lipinski definition) is 1. The van der Waals surface area contributed by atoms with Crippen molar-refractivity contribution in [1.29, 1.82) is 0 Å². The van der Waals surface area contributed by atoms with Crippen molar-refractivity contribution in [2.45, 2.75) is 6.04 Å². The smallest absolute Gasteiger partial charge is 0.124 e. The van der Waals surface area contributed by atoms with Crippen LogP contribution in [0.15, 0.2) is 48.8 Å². The van der Waals surface area contributed by atoms with Crippen LogP contribution in [0.1, 0.15) is 17.2 Å². The number of methoxy groups -OCH3 is 1. The second-order valence-corrected chi connectivity index (χ2v) is 4.64. The Balaban J connectivity index is 2.17. The van der Waals surface area contributed by atoms with Gasteiger partial charge < -0.3 is 10.5 Å². The van der Waals surface area contributed by atoms with E-state index in [-0.39, 0.29) is 5.82 Å². The van der Waals surface area contributed by atoms with Gasteiger partial charge in [0.2, 0.25) is 0 Å². The van der Waals surface area contributed by atoms with Gasteiger partial charge in [-0.15, -0.1) is 0 Å². The fraction of sp³-hybridized carbons (Fsp3) is 0.125. The van der Waals surface area contributed by atoms with Gasteiger partial charge in [-0.2, -0.15) is 0 Å². The minimum absolute atomic E-state index is 0.354. The predicted octanol–water partition coefficient (Wildman–Crippen LogP) is 2.83. The molecule has 0 fully saturated rings. The van der Waals surface area contributed by atoms with Gasteiger partial charge in [-0.1, -0.05) is 12.1 Å². The van der Waals surface area contributed by atoms with E-state index in [1.807, 2.05) is 18.2 Å². The molecule has 0 aliphatic carbocycles. The van der Waals surface area contributed by atoms with E-state index < -0.39 is 6.04 Å². The highest BCUT2D eigenvalue weighted by Crippen LogP contribution is 2.31. The monoisotopic (exact) mass is 283 g/mol. The van der Waals surface area contributed by atoms with Gasteiger partial charge in [0.25, 0.3) is 0 Å². The maximum absolute atomic E-state index is 13.5. The molecular formula is C16H14FN3O. The Morgan fingerprint density at radius 3 is 2.71 bits per heavy atom. The fourth-order valence-corrected chi connectivity index (χ4v) is 2.38. The molecule has 106 valence electrons. The SMILES string of the molecule is COc1ccc(F)cc1C(N)c1cccc2nccnc12. The molecule has 0 radical (unpaired) electrons. The lowest BCUT2D eigenvalue weighted by atomic mass is 9.97. The Bertz CT molecular complexity index is 786. The summed E-state index contributed by atoms with van der Waals surface area (Å²) in [5, 5.41) is 0. The molecule has 4 nitrogen and oxygen atoms in total. The molecule has 0 saturated carbocycles. The van der Waals surface area contributed by atoms with Gasteiger partial charge in [-0.3, -0.25) is 9.97 Å². The fourth-order valence-electron chi connectivity index (χ4n) is 2.38. The third-order valence-electron chi connectivity index (χ3n) is 3.39. The van der Waals surface area contributed by atoms with Crippen molar-refractivity contribution in [2.24, 2.45) is 5.73 Å². The lowest BCUT2D eigenvalue weighted by Crippen LogP contribution is -2.14. The second-order valence-electron chi connectivity index (χ2n) is 4.64. The van der Waals surface area contributed by atoms with Gasteiger partial charge >= 0.3 is 0 Å². The van der Waals surface area contributed by atoms with E-state index in [4.69, 9.17) is 10.5 Å². The van der Waals surface area contributed by atoms with E-state index in [1.165, 1.54) is 19.2 Å². The summed E-state index contributed by atoms with van der Waals surface area (Å²) >= 11 is 0. The third-order valence-corrected chi connectivity index (χ3v) is 3.39. The highest BCUT2D eigenvalue weighted by molar-refractivity contribution is 5.78. The third kappa shape index (κ3) is 2.43. The van der Waals surface area contributed by atoms with E-state index >= 15 is 0 Å². The van der Waals surface area contributed by atoms with Crippen LogP contribution in [0.4, 0.5) is 4.39 Å². The van der Waals surface area contributed by atoms with Gasteiger partial charge in [-0.25, -0.2) is 4.39 Å². The molecule has 1 aromatic heterocycles. The lowest BCUT2D eigenvalue weighted by molar-refractivity contribution is 0.406. The van der Waals surface area contributed by atoms with Crippen molar-refractivity contribution in [3.63, 3.8) is 0 Å². The largest absolute Gasteiger partial charge is 0.496 e. The molecule has 1 atom stereocenters. The van der Waals surface area contributed by atoms with Crippen LogP contribution in [0.3, 0.4) is 0 Å². The van der Waals surface area contributed by atoms with Crippen molar-refractivity contribution >= 4 is 11.0 Å². The van der Waals surface area contributed by atoms with Crippen LogP contribution in [0.5, 0.6) is 5.75 Å². The zero-order valence-electron chi connectivity index (χ0n) is 11.5. The molecule has 1 unspecified atom stereocenters. The van der Waals surface area contributed by atoms with Crippen molar-refractivity contribution in [2.75, 3.05) is 7.11 Å². The summed E-state index contributed by atoms with van der Waals surface area (Å²) < 4.78 is 18.8. The zero-order valence-corrected chi connectivity index (χ0v) is 11.5. The molecule has 0 saturated heterocycles. The molecule has 2 N–H and O–H groups in total. The maximum Gasteiger partial charge on any atom is 0.124 e. The Labute approximate surface area is 121 Å². The molecule has 3 rings (SSSR count). The number of para-hydroxylation sites is 1. The van der Waals surface area contributed by atoms with Gasteiger partial charge in [0.05, 0.1) is 24.2 Å². The first kappa shape index (κ1) is 13.5. The van der Waals surface area contributed by atoms with E-state index in [0.717, 1.165) is 11.1 Å². The van der Waals surface area contributed by atoms with Crippen LogP contribution >= 0.6 is 0 Å². The van der Waals surface area contributed by atoms with E-state index in [2.05, 4.69) is 9.97 Å². The van der Waals surface area contributed by atoms with Gasteiger partial charge in [0, 0.05) is 23.5 Å². The number of rotatable bonds is 3. The summed E-state index contributed by atoms with van der Waals surface area (Å²) in [6.07, 6.45) is 3.24. The highest BCUT2D eigenvalue weighted by Gasteiger charge is 2.18. The predicted molar refractivity (Wildman–Crippen MR) is 78.5 cm³/mol. The number of halogens is 1. The van der Waals surface area contributed by atoms with Crippen molar-refractivity contribution in [3.8, 4) is 5.75 Å². The van der Waals surface area contributed by atoms with Gasteiger partial charge in [0.15, 0.2) is 0 Å². The van der Waals surface area contributed by atoms with Crippen molar-refractivity contribution in [1.82, 2.24) is 9.97 Å². The van der Waals surface area contributed by atoms with E-state index in [9.17, 15) is 4.39 Å². The maximum atomic E-state index is 13.5. The van der Waals surface area contributed by atoms with Crippen LogP contribution in [-0.4, -0.2) is 17.1 Å². The summed E-state index contributed by atoms with van der Waals surface area (Å²) in [5.74, 6) is 0.192. The van der Waals surface area contributed by atoms with Gasteiger partial charge in [0.1, 0.15) is 11.6 Å². The average Bonchev–Trinajstić information content (AvgIpc) is 2.53. The number of nitrogens with zero attached hydrogens (tertiary/aromatic N) is 2. The summed E-state index contributed by atoms with van der Waals surface area (Å²) in [5.41, 5.74) is 9.13. The van der Waals surface area contributed by atoms with Crippen LogP contribution < -0.4 is 10.5 Å². The number of nitrogens with two attached hydrogens (primary N) is 1. The van der Waals surface area contributed by atoms with Crippen molar-refractivity contribution in [3.05, 3.63) is 65.7 Å². The molecule has 3 aromatic rings. The first-order chi connectivity index (χ1) is 10.2. The summed E-state index contributed by atoms with van der Waals surface area (Å²) in [6.45, 7) is 0. The Kier molecular flexibility index (Phi) is 3.50. The number of fused-ring (bicyclic) bond motifs is 1. The summed E-state index contributed by atoms with van der Waals surface area (Å²) in [6, 6.07) is 9.35. The molecule has 0 bridgehead atoms. The topological polar surface area (TPSA) is 61.0 Å². The Morgan fingerprint density at radius 1 is 1.10 bits per heavy atom. The first-order valence-electron chi connectivity index (χ1n) is 6.49. The summed E-state index contributed by atoms with van der Waals surface area (Å²) in [4.78, 5) is 8.58. The second kappa shape index (κ2) is 5.46. The Hall–Kier alpha value is -2.53. The summed E-state index contributed by atoms with van der Waals surface area (Å²) in [7, 11) is 1.53. The molecular weight excluding hydrogens is 269 g/mol. The molecule has 0 amide bonds. The molecule has 5 heteroatoms. The quantitative estimate of drug-likeness (QED) is 0.803. The minimum atomic E-state index is -0.545. The molecule has 0 spiro atoms. The average molecular weight is 283 g/mol. The van der Waals surface area contributed by atoms with Crippen LogP contribution in [-0.2, 0) is 0 Å². The number of benzene rings is 2. The van der Waals surface area contributed by atoms with Crippen LogP contribution in [0.2, 0.25) is 0 Å². The van der Waals surface area contributed by atoms with Crippen LogP contribution in [0, 0.1) is 5.82 Å². The molecule has 1 heterocycles. The number of ether oxygens (including phenoxy) is 1. The number of hydrogen-bond acceptors (Lipinski definition) is 4. The Morgan fingerprint density at radius 2 is 1.90 bits per heavy atom. The van der Waals surface area contributed by atoms with Gasteiger partial charge in [-0.05, 0) is 24.3 Å². The van der Waals surface area contributed by atoms with E-state index in [1.54, 1.807) is 18.5 Å². The molecule has 2 aromatic carbocycles. The first-order valence-corrected chi connectivity index (χ1v) is 6.49. The molecule has 0 aliphatic rings. The zero-order chi connectivity index (χ0) is 14.8. The van der Waals surface area contributed by atoms with Crippen LogP contribution in [0.25, 0.3) is 11.0 Å². The normalized spacial score (nSPS) is 12.3. The molecule has 21 heavy (non-hydrogen) atoms. The molecule has 0 aliphatic heterocycles.